The average Bonchev–Trinajstić information content (AvgIpc) is 2.51. The molecule has 2 aromatic rings. The van der Waals surface area contributed by atoms with E-state index in [4.69, 9.17) is 5.11 Å². The molecule has 14 heavy (non-hydrogen) atoms. The highest BCUT2D eigenvalue weighted by molar-refractivity contribution is 7.13. The number of phenols is 2. The molecule has 1 aromatic heterocycles. The second-order valence-corrected chi connectivity index (χ2v) is 4.10. The van der Waals surface area contributed by atoms with Crippen molar-refractivity contribution in [2.45, 2.75) is 6.92 Å². The quantitative estimate of drug-likeness (QED) is 0.752. The summed E-state index contributed by atoms with van der Waals surface area (Å²) in [6, 6.07) is 6.65. The van der Waals surface area contributed by atoms with Crippen LogP contribution in [-0.2, 0) is 0 Å². The van der Waals surface area contributed by atoms with Gasteiger partial charge in [-0.05, 0) is 36.1 Å². The number of rotatable bonds is 1. The van der Waals surface area contributed by atoms with E-state index in [1.54, 1.807) is 23.5 Å². The lowest BCUT2D eigenvalue weighted by atomic mass is 10.1. The molecular formula is C11H10O2S. The number of thiophene rings is 1. The minimum absolute atomic E-state index is 0.0829. The van der Waals surface area contributed by atoms with Crippen molar-refractivity contribution in [2.75, 3.05) is 0 Å². The third-order valence-electron chi connectivity index (χ3n) is 1.98. The summed E-state index contributed by atoms with van der Waals surface area (Å²) in [6.07, 6.45) is 0. The van der Waals surface area contributed by atoms with Gasteiger partial charge in [0.25, 0.3) is 0 Å². The number of aromatic hydroxyl groups is 2. The Labute approximate surface area is 86.1 Å². The second kappa shape index (κ2) is 3.35. The highest BCUT2D eigenvalue weighted by atomic mass is 32.1. The normalized spacial score (nSPS) is 10.4. The first-order valence-electron chi connectivity index (χ1n) is 4.24. The Hall–Kier alpha value is -1.48. The third kappa shape index (κ3) is 1.59. The maximum atomic E-state index is 9.60. The van der Waals surface area contributed by atoms with E-state index in [2.05, 4.69) is 0 Å². The van der Waals surface area contributed by atoms with E-state index < -0.39 is 0 Å². The minimum Gasteiger partial charge on any atom is -0.508 e. The van der Waals surface area contributed by atoms with E-state index >= 15 is 0 Å². The molecule has 2 N–H and O–H groups in total. The lowest BCUT2D eigenvalue weighted by molar-refractivity contribution is 0.452. The number of phenolic OH excluding ortho intramolecular Hbond substituents is 2. The van der Waals surface area contributed by atoms with E-state index in [1.165, 1.54) is 11.6 Å². The molecule has 0 atom stereocenters. The fourth-order valence-corrected chi connectivity index (χ4v) is 2.24. The van der Waals surface area contributed by atoms with Crippen LogP contribution in [0.4, 0.5) is 0 Å². The lowest BCUT2D eigenvalue weighted by Gasteiger charge is -2.01. The Bertz CT molecular complexity index is 460. The molecule has 0 amide bonds. The van der Waals surface area contributed by atoms with Gasteiger partial charge in [0.1, 0.15) is 11.5 Å². The Morgan fingerprint density at radius 3 is 2.50 bits per heavy atom. The van der Waals surface area contributed by atoms with Crippen molar-refractivity contribution in [2.24, 2.45) is 0 Å². The molecule has 0 spiro atoms. The summed E-state index contributed by atoms with van der Waals surface area (Å²) in [4.78, 5) is 1.01. The van der Waals surface area contributed by atoms with Crippen LogP contribution >= 0.6 is 11.3 Å². The highest BCUT2D eigenvalue weighted by Crippen LogP contribution is 2.35. The van der Waals surface area contributed by atoms with Crippen LogP contribution in [0.5, 0.6) is 11.5 Å². The van der Waals surface area contributed by atoms with Crippen molar-refractivity contribution in [1.82, 2.24) is 0 Å². The Balaban J connectivity index is 2.52. The van der Waals surface area contributed by atoms with Gasteiger partial charge >= 0.3 is 0 Å². The summed E-state index contributed by atoms with van der Waals surface area (Å²) in [6.45, 7) is 2.01. The number of benzene rings is 1. The van der Waals surface area contributed by atoms with E-state index in [0.29, 0.717) is 0 Å². The molecule has 1 heterocycles. The minimum atomic E-state index is 0.0829. The third-order valence-corrected chi connectivity index (χ3v) is 3.06. The smallest absolute Gasteiger partial charge is 0.127 e. The molecular weight excluding hydrogens is 196 g/mol. The largest absolute Gasteiger partial charge is 0.508 e. The molecule has 0 saturated carbocycles. The fourth-order valence-electron chi connectivity index (χ4n) is 1.30. The SMILES string of the molecule is Cc1csc(-c2ccc(O)cc2O)c1. The molecule has 1 aromatic carbocycles. The molecule has 0 fully saturated rings. The monoisotopic (exact) mass is 206 g/mol. The predicted octanol–water partition coefficient (Wildman–Crippen LogP) is 3.13. The summed E-state index contributed by atoms with van der Waals surface area (Å²) in [7, 11) is 0. The van der Waals surface area contributed by atoms with Crippen LogP contribution in [0.25, 0.3) is 10.4 Å². The zero-order valence-electron chi connectivity index (χ0n) is 7.69. The zero-order valence-corrected chi connectivity index (χ0v) is 8.51. The van der Waals surface area contributed by atoms with Crippen molar-refractivity contribution >= 4 is 11.3 Å². The maximum Gasteiger partial charge on any atom is 0.127 e. The maximum absolute atomic E-state index is 9.60. The summed E-state index contributed by atoms with van der Waals surface area (Å²) >= 11 is 1.58. The zero-order chi connectivity index (χ0) is 10.1. The average molecular weight is 206 g/mol. The molecule has 2 nitrogen and oxygen atoms in total. The summed E-state index contributed by atoms with van der Waals surface area (Å²) in [5.74, 6) is 0.200. The van der Waals surface area contributed by atoms with E-state index in [9.17, 15) is 5.11 Å². The van der Waals surface area contributed by atoms with Crippen molar-refractivity contribution in [3.05, 3.63) is 35.2 Å². The second-order valence-electron chi connectivity index (χ2n) is 3.19. The Kier molecular flexibility index (Phi) is 2.17. The summed E-state index contributed by atoms with van der Waals surface area (Å²) in [5.41, 5.74) is 1.94. The van der Waals surface area contributed by atoms with Crippen molar-refractivity contribution in [1.29, 1.82) is 0 Å². The standard InChI is InChI=1S/C11H10O2S/c1-7-4-11(14-6-7)9-3-2-8(12)5-10(9)13/h2-6,12-13H,1H3. The van der Waals surface area contributed by atoms with Gasteiger partial charge in [-0.15, -0.1) is 11.3 Å². The first-order chi connectivity index (χ1) is 6.66. The van der Waals surface area contributed by atoms with Gasteiger partial charge in [0.05, 0.1) is 0 Å². The molecule has 72 valence electrons. The van der Waals surface area contributed by atoms with E-state index in [0.717, 1.165) is 10.4 Å². The van der Waals surface area contributed by atoms with Crippen molar-refractivity contribution in [3.8, 4) is 21.9 Å². The van der Waals surface area contributed by atoms with Crippen molar-refractivity contribution in [3.63, 3.8) is 0 Å². The van der Waals surface area contributed by atoms with Crippen LogP contribution in [0.1, 0.15) is 5.56 Å². The van der Waals surface area contributed by atoms with Crippen LogP contribution in [0, 0.1) is 6.92 Å². The van der Waals surface area contributed by atoms with Gasteiger partial charge in [0.2, 0.25) is 0 Å². The molecule has 0 aliphatic carbocycles. The van der Waals surface area contributed by atoms with Gasteiger partial charge in [-0.2, -0.15) is 0 Å². The number of hydrogen-bond donors (Lipinski definition) is 2. The summed E-state index contributed by atoms with van der Waals surface area (Å²) in [5, 5.41) is 20.8. The predicted molar refractivity (Wildman–Crippen MR) is 57.8 cm³/mol. The Morgan fingerprint density at radius 1 is 1.14 bits per heavy atom. The summed E-state index contributed by atoms with van der Waals surface area (Å²) < 4.78 is 0. The van der Waals surface area contributed by atoms with Crippen LogP contribution in [0.15, 0.2) is 29.6 Å². The topological polar surface area (TPSA) is 40.5 Å². The van der Waals surface area contributed by atoms with Crippen LogP contribution in [-0.4, -0.2) is 10.2 Å². The first kappa shape index (κ1) is 9.09. The van der Waals surface area contributed by atoms with Crippen LogP contribution < -0.4 is 0 Å². The van der Waals surface area contributed by atoms with Gasteiger partial charge in [-0.25, -0.2) is 0 Å². The van der Waals surface area contributed by atoms with Gasteiger partial charge in [0.15, 0.2) is 0 Å². The van der Waals surface area contributed by atoms with Gasteiger partial charge in [0, 0.05) is 16.5 Å². The van der Waals surface area contributed by atoms with E-state index in [1.807, 2.05) is 18.4 Å². The van der Waals surface area contributed by atoms with Crippen molar-refractivity contribution < 1.29 is 10.2 Å². The molecule has 0 bridgehead atoms. The first-order valence-corrected chi connectivity index (χ1v) is 5.12. The fraction of sp³-hybridized carbons (Fsp3) is 0.0909. The highest BCUT2D eigenvalue weighted by Gasteiger charge is 2.06. The molecule has 0 saturated heterocycles. The van der Waals surface area contributed by atoms with E-state index in [-0.39, 0.29) is 11.5 Å². The molecule has 2 rings (SSSR count). The molecule has 0 unspecified atom stereocenters. The van der Waals surface area contributed by atoms with Crippen LogP contribution in [0.3, 0.4) is 0 Å². The number of aryl methyl sites for hydroxylation is 1. The van der Waals surface area contributed by atoms with Gasteiger partial charge in [-0.1, -0.05) is 0 Å². The molecule has 0 aliphatic heterocycles. The molecule has 3 heteroatoms. The van der Waals surface area contributed by atoms with Gasteiger partial charge in [-0.3, -0.25) is 0 Å². The number of hydrogen-bond acceptors (Lipinski definition) is 3. The van der Waals surface area contributed by atoms with Crippen LogP contribution in [0.2, 0.25) is 0 Å². The van der Waals surface area contributed by atoms with Gasteiger partial charge < -0.3 is 10.2 Å². The lowest BCUT2D eigenvalue weighted by Crippen LogP contribution is -1.74. The Morgan fingerprint density at radius 2 is 1.93 bits per heavy atom. The molecule has 0 radical (unpaired) electrons. The molecule has 0 aliphatic rings.